The minimum absolute atomic E-state index is 0.0174. The van der Waals surface area contributed by atoms with E-state index >= 15 is 0 Å². The van der Waals surface area contributed by atoms with Gasteiger partial charge in [-0.05, 0) is 122 Å². The summed E-state index contributed by atoms with van der Waals surface area (Å²) in [4.78, 5) is 73.1. The lowest BCUT2D eigenvalue weighted by atomic mass is 10.0. The van der Waals surface area contributed by atoms with Crippen LogP contribution in [0.2, 0.25) is 0 Å². The van der Waals surface area contributed by atoms with Crippen LogP contribution < -0.4 is 0 Å². The number of ether oxygens (including phenoxy) is 4. The number of esters is 4. The lowest BCUT2D eigenvalue weighted by molar-refractivity contribution is -0.161. The molecular formula is C85H152O17P2. The summed E-state index contributed by atoms with van der Waals surface area (Å²) >= 11 is 0. The van der Waals surface area contributed by atoms with Crippen molar-refractivity contribution in [1.29, 1.82) is 0 Å². The van der Waals surface area contributed by atoms with Gasteiger partial charge < -0.3 is 33.8 Å². The molecule has 0 aromatic heterocycles. The summed E-state index contributed by atoms with van der Waals surface area (Å²) in [6.07, 6.45) is 81.3. The fraction of sp³-hybridized carbons (Fsp3) is 0.788. The molecule has 19 heteroatoms. The van der Waals surface area contributed by atoms with E-state index in [2.05, 4.69) is 101 Å². The summed E-state index contributed by atoms with van der Waals surface area (Å²) < 4.78 is 68.7. The van der Waals surface area contributed by atoms with Crippen molar-refractivity contribution in [2.45, 2.75) is 393 Å². The van der Waals surface area contributed by atoms with Crippen LogP contribution in [0, 0.1) is 0 Å². The molecule has 0 aliphatic carbocycles. The first-order valence-electron chi connectivity index (χ1n) is 41.8. The third-order valence-electron chi connectivity index (χ3n) is 17.8. The molecule has 0 fully saturated rings. The molecule has 0 aliphatic heterocycles. The van der Waals surface area contributed by atoms with Crippen molar-refractivity contribution in [3.05, 3.63) is 85.1 Å². The number of aliphatic hydroxyl groups excluding tert-OH is 1. The molecule has 2 unspecified atom stereocenters. The zero-order chi connectivity index (χ0) is 76.0. The molecule has 5 atom stereocenters. The molecule has 104 heavy (non-hydrogen) atoms. The van der Waals surface area contributed by atoms with Crippen LogP contribution in [0.3, 0.4) is 0 Å². The van der Waals surface area contributed by atoms with Gasteiger partial charge in [0.05, 0.1) is 26.4 Å². The van der Waals surface area contributed by atoms with Crippen LogP contribution in [-0.2, 0) is 65.4 Å². The fourth-order valence-electron chi connectivity index (χ4n) is 11.4. The molecule has 17 nitrogen and oxygen atoms in total. The predicted octanol–water partition coefficient (Wildman–Crippen LogP) is 24.6. The van der Waals surface area contributed by atoms with Crippen LogP contribution in [0.5, 0.6) is 0 Å². The Morgan fingerprint density at radius 3 is 0.788 bits per heavy atom. The minimum atomic E-state index is -4.99. The van der Waals surface area contributed by atoms with Gasteiger partial charge >= 0.3 is 39.5 Å². The predicted molar refractivity (Wildman–Crippen MR) is 427 cm³/mol. The van der Waals surface area contributed by atoms with E-state index in [1.165, 1.54) is 154 Å². The molecule has 3 N–H and O–H groups in total. The summed E-state index contributed by atoms with van der Waals surface area (Å²) in [5, 5.41) is 10.7. The first kappa shape index (κ1) is 100. The Morgan fingerprint density at radius 2 is 0.481 bits per heavy atom. The number of rotatable bonds is 79. The van der Waals surface area contributed by atoms with Crippen molar-refractivity contribution in [1.82, 2.24) is 0 Å². The van der Waals surface area contributed by atoms with Crippen molar-refractivity contribution in [2.24, 2.45) is 0 Å². The van der Waals surface area contributed by atoms with Gasteiger partial charge in [-0.15, -0.1) is 0 Å². The highest BCUT2D eigenvalue weighted by Gasteiger charge is 2.30. The second kappa shape index (κ2) is 77.4. The summed E-state index contributed by atoms with van der Waals surface area (Å²) in [5.74, 6) is -2.24. The van der Waals surface area contributed by atoms with E-state index in [0.717, 1.165) is 135 Å². The van der Waals surface area contributed by atoms with Crippen LogP contribution >= 0.6 is 15.6 Å². The number of allylic oxidation sites excluding steroid dienone is 14. The molecule has 0 heterocycles. The topological polar surface area (TPSA) is 237 Å². The van der Waals surface area contributed by atoms with Gasteiger partial charge in [-0.3, -0.25) is 37.3 Å². The molecule has 0 spiro atoms. The Labute approximate surface area is 634 Å². The second-order valence-corrected chi connectivity index (χ2v) is 31.0. The summed E-state index contributed by atoms with van der Waals surface area (Å²) in [6, 6.07) is 0. The lowest BCUT2D eigenvalue weighted by Crippen LogP contribution is -2.30. The minimum Gasteiger partial charge on any atom is -0.462 e. The third-order valence-corrected chi connectivity index (χ3v) is 19.7. The van der Waals surface area contributed by atoms with Gasteiger partial charge in [-0.2, -0.15) is 0 Å². The van der Waals surface area contributed by atoms with Gasteiger partial charge in [-0.25, -0.2) is 9.13 Å². The summed E-state index contributed by atoms with van der Waals surface area (Å²) in [6.45, 7) is 4.80. The van der Waals surface area contributed by atoms with Crippen LogP contribution in [0.15, 0.2) is 85.1 Å². The van der Waals surface area contributed by atoms with Crippen molar-refractivity contribution >= 4 is 39.5 Å². The molecule has 0 amide bonds. The molecule has 0 bridgehead atoms. The second-order valence-electron chi connectivity index (χ2n) is 28.1. The van der Waals surface area contributed by atoms with Gasteiger partial charge in [0.25, 0.3) is 0 Å². The largest absolute Gasteiger partial charge is 0.472 e. The average molecular weight is 1510 g/mol. The molecule has 0 saturated carbocycles. The fourth-order valence-corrected chi connectivity index (χ4v) is 13.0. The van der Waals surface area contributed by atoms with Crippen LogP contribution in [-0.4, -0.2) is 96.7 Å². The molecule has 0 saturated heterocycles. The number of carbonyl (C=O) groups excluding carboxylic acids is 4. The monoisotopic (exact) mass is 1510 g/mol. The van der Waals surface area contributed by atoms with Crippen LogP contribution in [0.4, 0.5) is 0 Å². The van der Waals surface area contributed by atoms with Gasteiger partial charge in [0.15, 0.2) is 12.2 Å². The third kappa shape index (κ3) is 76.4. The van der Waals surface area contributed by atoms with E-state index in [-0.39, 0.29) is 25.7 Å². The van der Waals surface area contributed by atoms with Crippen molar-refractivity contribution in [3.63, 3.8) is 0 Å². The van der Waals surface area contributed by atoms with Gasteiger partial charge in [0.2, 0.25) is 0 Å². The Bertz CT molecular complexity index is 2300. The molecule has 0 rings (SSSR count). The van der Waals surface area contributed by atoms with E-state index in [1.807, 2.05) is 12.2 Å². The molecule has 0 aliphatic rings. The standard InChI is InChI=1S/C85H152O17P2/c1-5-9-13-17-21-25-29-33-37-39-43-47-51-55-59-63-67-71-84(89)101-80(75-95-82(87)69-65-61-57-53-49-45-41-35-31-27-23-19-15-11-7-3)77-99-103(91,92)97-73-79(86)74-98-104(93,94)100-78-81(76-96-83(88)70-66-62-58-54-50-46-42-36-32-28-24-20-16-12-8-4)102-85(90)72-68-64-60-56-52-48-44-40-38-34-30-26-22-18-14-10-6-2/h21,23,25,27,33,35-37,41-43,47,55,59,79-81,86H,5-20,22,24,26,28-32,34,38-40,44-46,48-54,56-58,60-78H2,1-4H3,(H,91,92)(H,93,94)/b25-21-,27-23-,37-33-,41-35-,42-36-,47-43-,59-55-/t79-,80-,81-/m1/s1. The molecular weight excluding hydrogens is 1350 g/mol. The zero-order valence-corrected chi connectivity index (χ0v) is 68.0. The highest BCUT2D eigenvalue weighted by Crippen LogP contribution is 2.45. The Balaban J connectivity index is 5.40. The summed E-state index contributed by atoms with van der Waals surface area (Å²) in [5.41, 5.74) is 0. The van der Waals surface area contributed by atoms with Crippen molar-refractivity contribution in [2.75, 3.05) is 39.6 Å². The number of aliphatic hydroxyl groups is 1. The average Bonchev–Trinajstić information content (AvgIpc) is 0.907. The summed E-state index contributed by atoms with van der Waals surface area (Å²) in [7, 11) is -9.97. The first-order valence-corrected chi connectivity index (χ1v) is 44.8. The lowest BCUT2D eigenvalue weighted by Gasteiger charge is -2.21. The normalized spacial score (nSPS) is 14.3. The highest BCUT2D eigenvalue weighted by atomic mass is 31.2. The Morgan fingerprint density at radius 1 is 0.269 bits per heavy atom. The Kier molecular flexibility index (Phi) is 74.6. The van der Waals surface area contributed by atoms with Gasteiger partial charge in [0.1, 0.15) is 19.3 Å². The maximum absolute atomic E-state index is 13.1. The van der Waals surface area contributed by atoms with Gasteiger partial charge in [-0.1, -0.05) is 312 Å². The quantitative estimate of drug-likeness (QED) is 0.0169. The first-order chi connectivity index (χ1) is 50.7. The van der Waals surface area contributed by atoms with E-state index < -0.39 is 97.5 Å². The zero-order valence-electron chi connectivity index (χ0n) is 66.2. The van der Waals surface area contributed by atoms with Crippen molar-refractivity contribution in [3.8, 4) is 0 Å². The molecule has 0 aromatic carbocycles. The van der Waals surface area contributed by atoms with E-state index in [9.17, 15) is 43.2 Å². The number of hydrogen-bond acceptors (Lipinski definition) is 15. The molecule has 0 radical (unpaired) electrons. The smallest absolute Gasteiger partial charge is 0.462 e. The number of phosphoric ester groups is 2. The van der Waals surface area contributed by atoms with Gasteiger partial charge in [0, 0.05) is 25.7 Å². The maximum atomic E-state index is 13.1. The van der Waals surface area contributed by atoms with E-state index in [0.29, 0.717) is 32.1 Å². The number of unbranched alkanes of at least 4 members (excludes halogenated alkanes) is 39. The molecule has 0 aromatic rings. The molecule has 604 valence electrons. The Hall–Kier alpha value is -3.76. The SMILES string of the molecule is CCCCC/C=C\C/C=C\C/C=C\C/C=C\CCCC(=O)O[C@H](COC(=O)CCCCCCC/C=C\C/C=C\CCCCC)COP(=O)(O)OC[C@@H](O)COP(=O)(O)OC[C@@H](COC(=O)CCCCCCC/C=C\CCCCCCCC)OC(=O)CCCCCCCCCCCCCCCCCCC. The van der Waals surface area contributed by atoms with Crippen LogP contribution in [0.1, 0.15) is 374 Å². The number of hydrogen-bond donors (Lipinski definition) is 3. The number of phosphoric acid groups is 2. The van der Waals surface area contributed by atoms with E-state index in [1.54, 1.807) is 0 Å². The number of carbonyl (C=O) groups is 4. The van der Waals surface area contributed by atoms with Crippen LogP contribution in [0.25, 0.3) is 0 Å². The highest BCUT2D eigenvalue weighted by molar-refractivity contribution is 7.47. The van der Waals surface area contributed by atoms with E-state index in [4.69, 9.17) is 37.0 Å². The maximum Gasteiger partial charge on any atom is 0.472 e. The van der Waals surface area contributed by atoms with Crippen molar-refractivity contribution < 1.29 is 80.2 Å².